The molecule has 2 N–H and O–H groups in total. The number of aliphatic hydroxyl groups is 1. The van der Waals surface area contributed by atoms with Crippen LogP contribution >= 0.6 is 0 Å². The number of hydrogen-bond acceptors (Lipinski definition) is 7. The van der Waals surface area contributed by atoms with Crippen LogP contribution in [0.25, 0.3) is 0 Å². The maximum atomic E-state index is 12.1. The van der Waals surface area contributed by atoms with Crippen LogP contribution in [0.5, 0.6) is 0 Å². The minimum atomic E-state index is -3.74. The van der Waals surface area contributed by atoms with E-state index in [0.29, 0.717) is 12.0 Å². The Bertz CT molecular complexity index is 747. The average Bonchev–Trinajstić information content (AvgIpc) is 2.99. The molecule has 0 aromatic carbocycles. The van der Waals surface area contributed by atoms with E-state index in [0.717, 1.165) is 6.39 Å². The number of sulfonamides is 1. The highest BCUT2D eigenvalue weighted by Crippen LogP contribution is 2.09. The van der Waals surface area contributed by atoms with Crippen molar-refractivity contribution in [2.75, 3.05) is 6.61 Å². The van der Waals surface area contributed by atoms with E-state index < -0.39 is 10.0 Å². The van der Waals surface area contributed by atoms with Gasteiger partial charge in [-0.05, 0) is 6.07 Å². The molecular formula is C12H12N4O4S. The average molecular weight is 308 g/mol. The monoisotopic (exact) mass is 308 g/mol. The standard InChI is InChI=1S/C12H12N4O4S/c17-4-2-1-3-10-5-11(7-13-6-10)21(18,19)15-8-12-14-9-20-16-12/h5-7,9,15,17H,2,4,8H2. The van der Waals surface area contributed by atoms with Crippen LogP contribution in [0.2, 0.25) is 0 Å². The van der Waals surface area contributed by atoms with Crippen molar-refractivity contribution in [1.29, 1.82) is 0 Å². The normalized spacial score (nSPS) is 10.9. The minimum absolute atomic E-state index is 0.0122. The molecule has 2 rings (SSSR count). The molecule has 2 aromatic heterocycles. The third-order valence-corrected chi connectivity index (χ3v) is 3.69. The maximum Gasteiger partial charge on any atom is 0.242 e. The first-order valence-corrected chi connectivity index (χ1v) is 7.40. The largest absolute Gasteiger partial charge is 0.395 e. The molecule has 0 amide bonds. The summed E-state index contributed by atoms with van der Waals surface area (Å²) in [6.07, 6.45) is 4.09. The van der Waals surface area contributed by atoms with Crippen molar-refractivity contribution in [2.45, 2.75) is 17.9 Å². The van der Waals surface area contributed by atoms with Crippen LogP contribution in [0.4, 0.5) is 0 Å². The summed E-state index contributed by atoms with van der Waals surface area (Å²) in [6.45, 7) is -0.135. The second-order valence-corrected chi connectivity index (χ2v) is 5.62. The van der Waals surface area contributed by atoms with Crippen molar-refractivity contribution in [3.8, 4) is 11.8 Å². The summed E-state index contributed by atoms with van der Waals surface area (Å²) in [6, 6.07) is 1.40. The molecule has 0 aliphatic carbocycles. The number of nitrogens with one attached hydrogen (secondary N) is 1. The summed E-state index contributed by atoms with van der Waals surface area (Å²) in [7, 11) is -3.74. The summed E-state index contributed by atoms with van der Waals surface area (Å²) in [5, 5.41) is 12.2. The number of aliphatic hydroxyl groups excluding tert-OH is 1. The lowest BCUT2D eigenvalue weighted by atomic mass is 10.3. The Hall–Kier alpha value is -2.28. The maximum absolute atomic E-state index is 12.1. The Morgan fingerprint density at radius 3 is 2.95 bits per heavy atom. The molecule has 0 spiro atoms. The van der Waals surface area contributed by atoms with E-state index in [4.69, 9.17) is 5.11 Å². The van der Waals surface area contributed by atoms with Gasteiger partial charge in [0.15, 0.2) is 5.82 Å². The summed E-state index contributed by atoms with van der Waals surface area (Å²) < 4.78 is 31.0. The summed E-state index contributed by atoms with van der Waals surface area (Å²) in [4.78, 5) is 7.54. The molecule has 0 aliphatic heterocycles. The van der Waals surface area contributed by atoms with Crippen LogP contribution in [-0.4, -0.2) is 35.3 Å². The lowest BCUT2D eigenvalue weighted by Gasteiger charge is -2.04. The van der Waals surface area contributed by atoms with E-state index in [1.807, 2.05) is 0 Å². The van der Waals surface area contributed by atoms with Gasteiger partial charge in [-0.3, -0.25) is 4.98 Å². The second kappa shape index (κ2) is 6.94. The minimum Gasteiger partial charge on any atom is -0.395 e. The molecule has 0 radical (unpaired) electrons. The fourth-order valence-electron chi connectivity index (χ4n) is 1.37. The fourth-order valence-corrected chi connectivity index (χ4v) is 2.34. The highest BCUT2D eigenvalue weighted by molar-refractivity contribution is 7.89. The van der Waals surface area contributed by atoms with Crippen LogP contribution in [0.15, 0.2) is 34.3 Å². The molecule has 110 valence electrons. The predicted octanol–water partition coefficient (Wildman–Crippen LogP) is -0.323. The van der Waals surface area contributed by atoms with Gasteiger partial charge in [0.1, 0.15) is 4.90 Å². The van der Waals surface area contributed by atoms with Gasteiger partial charge in [-0.1, -0.05) is 17.0 Å². The van der Waals surface area contributed by atoms with Crippen molar-refractivity contribution in [1.82, 2.24) is 19.8 Å². The molecule has 0 saturated heterocycles. The van der Waals surface area contributed by atoms with Crippen LogP contribution in [0.1, 0.15) is 17.8 Å². The summed E-state index contributed by atoms with van der Waals surface area (Å²) in [5.41, 5.74) is 0.450. The lowest BCUT2D eigenvalue weighted by molar-refractivity contribution is 0.305. The molecule has 0 atom stereocenters. The van der Waals surface area contributed by atoms with E-state index in [9.17, 15) is 8.42 Å². The Kier molecular flexibility index (Phi) is 4.99. The van der Waals surface area contributed by atoms with Gasteiger partial charge in [0.05, 0.1) is 13.2 Å². The number of pyridine rings is 1. The molecule has 0 saturated carbocycles. The van der Waals surface area contributed by atoms with Crippen LogP contribution in [-0.2, 0) is 16.6 Å². The Morgan fingerprint density at radius 1 is 1.38 bits per heavy atom. The molecule has 0 unspecified atom stereocenters. The smallest absolute Gasteiger partial charge is 0.242 e. The van der Waals surface area contributed by atoms with Crippen molar-refractivity contribution in [3.63, 3.8) is 0 Å². The van der Waals surface area contributed by atoms with Crippen LogP contribution in [0, 0.1) is 11.8 Å². The van der Waals surface area contributed by atoms with Gasteiger partial charge in [-0.2, -0.15) is 4.98 Å². The Morgan fingerprint density at radius 2 is 2.24 bits per heavy atom. The quantitative estimate of drug-likeness (QED) is 0.726. The first-order chi connectivity index (χ1) is 10.1. The number of aromatic nitrogens is 3. The van der Waals surface area contributed by atoms with E-state index in [2.05, 4.69) is 36.2 Å². The van der Waals surface area contributed by atoms with Gasteiger partial charge >= 0.3 is 0 Å². The van der Waals surface area contributed by atoms with E-state index >= 15 is 0 Å². The van der Waals surface area contributed by atoms with E-state index in [-0.39, 0.29) is 23.9 Å². The lowest BCUT2D eigenvalue weighted by Crippen LogP contribution is -2.24. The number of nitrogens with zero attached hydrogens (tertiary/aromatic N) is 3. The van der Waals surface area contributed by atoms with Crippen molar-refractivity contribution in [2.24, 2.45) is 0 Å². The molecule has 0 bridgehead atoms. The van der Waals surface area contributed by atoms with E-state index in [1.54, 1.807) is 0 Å². The van der Waals surface area contributed by atoms with Crippen molar-refractivity contribution < 1.29 is 18.0 Å². The SMILES string of the molecule is O=S(=O)(NCc1ncon1)c1cncc(C#CCCO)c1. The van der Waals surface area contributed by atoms with Crippen LogP contribution in [0.3, 0.4) is 0 Å². The fraction of sp³-hybridized carbons (Fsp3) is 0.250. The van der Waals surface area contributed by atoms with Gasteiger partial charge in [0.25, 0.3) is 0 Å². The van der Waals surface area contributed by atoms with Crippen molar-refractivity contribution >= 4 is 10.0 Å². The topological polar surface area (TPSA) is 118 Å². The van der Waals surface area contributed by atoms with Crippen molar-refractivity contribution in [3.05, 3.63) is 36.2 Å². The Labute approximate surface area is 121 Å². The zero-order chi connectivity index (χ0) is 15.1. The molecule has 2 aromatic rings. The van der Waals surface area contributed by atoms with Gasteiger partial charge in [-0.15, -0.1) is 0 Å². The zero-order valence-electron chi connectivity index (χ0n) is 10.9. The molecular weight excluding hydrogens is 296 g/mol. The third-order valence-electron chi connectivity index (χ3n) is 2.32. The summed E-state index contributed by atoms with van der Waals surface area (Å²) in [5.74, 6) is 5.65. The van der Waals surface area contributed by atoms with Gasteiger partial charge in [0, 0.05) is 24.4 Å². The molecule has 21 heavy (non-hydrogen) atoms. The first kappa shape index (κ1) is 15.1. The van der Waals surface area contributed by atoms with Crippen LogP contribution < -0.4 is 4.72 Å². The summed E-state index contributed by atoms with van der Waals surface area (Å²) >= 11 is 0. The third kappa shape index (κ3) is 4.35. The van der Waals surface area contributed by atoms with E-state index in [1.165, 1.54) is 18.5 Å². The number of rotatable bonds is 5. The number of hydrogen-bond donors (Lipinski definition) is 2. The van der Waals surface area contributed by atoms with Gasteiger partial charge in [0.2, 0.25) is 16.4 Å². The molecule has 0 fully saturated rings. The molecule has 8 nitrogen and oxygen atoms in total. The molecule has 9 heteroatoms. The predicted molar refractivity (Wildman–Crippen MR) is 71.1 cm³/mol. The zero-order valence-corrected chi connectivity index (χ0v) is 11.7. The first-order valence-electron chi connectivity index (χ1n) is 5.91. The Balaban J connectivity index is 2.12. The highest BCUT2D eigenvalue weighted by atomic mass is 32.2. The molecule has 0 aliphatic rings. The van der Waals surface area contributed by atoms with Gasteiger partial charge in [-0.25, -0.2) is 13.1 Å². The van der Waals surface area contributed by atoms with Gasteiger partial charge < -0.3 is 9.63 Å². The second-order valence-electron chi connectivity index (χ2n) is 3.86. The highest BCUT2D eigenvalue weighted by Gasteiger charge is 2.15. The molecule has 2 heterocycles.